The maximum atomic E-state index is 12.3. The Kier molecular flexibility index (Phi) is 4.17. The zero-order valence-corrected chi connectivity index (χ0v) is 11.5. The van der Waals surface area contributed by atoms with Gasteiger partial charge in [0.2, 0.25) is 0 Å². The molecule has 2 N–H and O–H groups in total. The van der Waals surface area contributed by atoms with Crippen LogP contribution < -0.4 is 5.32 Å². The predicted octanol–water partition coefficient (Wildman–Crippen LogP) is 1.09. The van der Waals surface area contributed by atoms with Gasteiger partial charge in [-0.3, -0.25) is 4.79 Å². The van der Waals surface area contributed by atoms with Gasteiger partial charge in [0, 0.05) is 12.4 Å². The number of aromatic carboxylic acids is 1. The van der Waals surface area contributed by atoms with Crippen LogP contribution in [-0.2, 0) is 6.42 Å². The number of nitrogens with zero attached hydrogens (tertiary/aromatic N) is 4. The predicted molar refractivity (Wildman–Crippen MR) is 73.1 cm³/mol. The molecule has 108 valence electrons. The molecule has 0 unspecified atom stereocenters. The van der Waals surface area contributed by atoms with Gasteiger partial charge >= 0.3 is 5.97 Å². The van der Waals surface area contributed by atoms with Crippen molar-refractivity contribution < 1.29 is 14.7 Å². The first-order valence-electron chi connectivity index (χ1n) is 6.21. The van der Waals surface area contributed by atoms with Crippen molar-refractivity contribution in [2.75, 3.05) is 5.32 Å². The van der Waals surface area contributed by atoms with Crippen molar-refractivity contribution in [3.8, 4) is 0 Å². The fraction of sp³-hybridized carbons (Fsp3) is 0.231. The largest absolute Gasteiger partial charge is 0.476 e. The first kappa shape index (κ1) is 14.5. The van der Waals surface area contributed by atoms with Crippen LogP contribution in [0.25, 0.3) is 0 Å². The number of nitrogens with one attached hydrogen (secondary N) is 1. The van der Waals surface area contributed by atoms with Crippen molar-refractivity contribution in [3.63, 3.8) is 0 Å². The Hall–Kier alpha value is -2.90. The van der Waals surface area contributed by atoms with Crippen molar-refractivity contribution in [2.45, 2.75) is 20.3 Å². The van der Waals surface area contributed by atoms with Crippen molar-refractivity contribution >= 4 is 17.7 Å². The van der Waals surface area contributed by atoms with Gasteiger partial charge in [-0.05, 0) is 19.4 Å². The van der Waals surface area contributed by atoms with E-state index in [1.54, 1.807) is 13.0 Å². The molecule has 0 bridgehead atoms. The second-order valence-electron chi connectivity index (χ2n) is 4.21. The van der Waals surface area contributed by atoms with Crippen LogP contribution in [0.3, 0.4) is 0 Å². The molecule has 21 heavy (non-hydrogen) atoms. The lowest BCUT2D eigenvalue weighted by molar-refractivity contribution is 0.0691. The molecule has 0 aliphatic heterocycles. The van der Waals surface area contributed by atoms with Crippen molar-refractivity contribution in [3.05, 3.63) is 41.1 Å². The molecule has 0 aliphatic carbocycles. The minimum Gasteiger partial charge on any atom is -0.476 e. The number of amides is 1. The molecule has 8 heteroatoms. The normalized spacial score (nSPS) is 10.2. The van der Waals surface area contributed by atoms with E-state index in [-0.39, 0.29) is 11.5 Å². The van der Waals surface area contributed by atoms with E-state index in [0.29, 0.717) is 23.4 Å². The first-order valence-corrected chi connectivity index (χ1v) is 6.21. The number of hydrogen-bond acceptors (Lipinski definition) is 6. The molecule has 0 atom stereocenters. The lowest BCUT2D eigenvalue weighted by Gasteiger charge is -2.09. The average Bonchev–Trinajstić information content (AvgIpc) is 2.47. The fourth-order valence-electron chi connectivity index (χ4n) is 1.73. The molecule has 0 spiro atoms. The highest BCUT2D eigenvalue weighted by molar-refractivity contribution is 6.07. The summed E-state index contributed by atoms with van der Waals surface area (Å²) in [6, 6.07) is 1.60. The van der Waals surface area contributed by atoms with Gasteiger partial charge in [-0.2, -0.15) is 10.2 Å². The molecule has 0 radical (unpaired) electrons. The van der Waals surface area contributed by atoms with E-state index in [4.69, 9.17) is 5.11 Å². The Morgan fingerprint density at radius 1 is 1.24 bits per heavy atom. The number of rotatable bonds is 4. The molecule has 1 amide bonds. The first-order chi connectivity index (χ1) is 10.0. The summed E-state index contributed by atoms with van der Waals surface area (Å²) in [6.45, 7) is 3.56. The Balaban J connectivity index is 2.35. The number of aromatic nitrogens is 4. The van der Waals surface area contributed by atoms with Gasteiger partial charge in [0.15, 0.2) is 11.5 Å². The maximum absolute atomic E-state index is 12.3. The zero-order valence-electron chi connectivity index (χ0n) is 11.5. The van der Waals surface area contributed by atoms with Crippen LogP contribution in [0.15, 0.2) is 18.5 Å². The van der Waals surface area contributed by atoms with E-state index in [9.17, 15) is 9.59 Å². The Morgan fingerprint density at radius 2 is 1.95 bits per heavy atom. The molecule has 0 aliphatic rings. The molecule has 0 saturated carbocycles. The third kappa shape index (κ3) is 3.16. The minimum absolute atomic E-state index is 0.105. The van der Waals surface area contributed by atoms with Gasteiger partial charge in [0.25, 0.3) is 5.91 Å². The second kappa shape index (κ2) is 6.04. The van der Waals surface area contributed by atoms with Gasteiger partial charge in [-0.15, -0.1) is 0 Å². The summed E-state index contributed by atoms with van der Waals surface area (Å²) in [7, 11) is 0. The lowest BCUT2D eigenvalue weighted by Crippen LogP contribution is -2.19. The molecular formula is C13H13N5O3. The van der Waals surface area contributed by atoms with E-state index in [0.717, 1.165) is 0 Å². The van der Waals surface area contributed by atoms with Gasteiger partial charge in [-0.25, -0.2) is 14.8 Å². The Morgan fingerprint density at radius 3 is 2.62 bits per heavy atom. The topological polar surface area (TPSA) is 118 Å². The van der Waals surface area contributed by atoms with E-state index < -0.39 is 11.9 Å². The van der Waals surface area contributed by atoms with Gasteiger partial charge in [0.1, 0.15) is 0 Å². The van der Waals surface area contributed by atoms with E-state index in [1.165, 1.54) is 12.4 Å². The summed E-state index contributed by atoms with van der Waals surface area (Å²) < 4.78 is 0. The second-order valence-corrected chi connectivity index (χ2v) is 4.21. The quantitative estimate of drug-likeness (QED) is 0.863. The highest BCUT2D eigenvalue weighted by Gasteiger charge is 2.18. The molecule has 2 aromatic heterocycles. The number of aryl methyl sites for hydroxylation is 2. The molecule has 2 heterocycles. The summed E-state index contributed by atoms with van der Waals surface area (Å²) in [4.78, 5) is 30.8. The zero-order chi connectivity index (χ0) is 15.4. The van der Waals surface area contributed by atoms with Crippen LogP contribution >= 0.6 is 0 Å². The van der Waals surface area contributed by atoms with Crippen molar-refractivity contribution in [2.24, 2.45) is 0 Å². The molecule has 2 aromatic rings. The monoisotopic (exact) mass is 287 g/mol. The number of hydrogen-bond donors (Lipinski definition) is 2. The number of anilines is 1. The van der Waals surface area contributed by atoms with E-state index in [1.807, 2.05) is 6.92 Å². The number of carbonyl (C=O) groups excluding carboxylic acids is 1. The molecule has 0 aromatic carbocycles. The van der Waals surface area contributed by atoms with Crippen LogP contribution in [0.2, 0.25) is 0 Å². The van der Waals surface area contributed by atoms with Crippen LogP contribution in [0.1, 0.15) is 39.2 Å². The van der Waals surface area contributed by atoms with Crippen LogP contribution in [0.5, 0.6) is 0 Å². The Bertz CT molecular complexity index is 702. The van der Waals surface area contributed by atoms with E-state index in [2.05, 4.69) is 25.5 Å². The lowest BCUT2D eigenvalue weighted by atomic mass is 10.1. The number of carboxylic acid groups (broad SMARTS) is 1. The summed E-state index contributed by atoms with van der Waals surface area (Å²) in [5.74, 6) is -1.86. The average molecular weight is 287 g/mol. The molecular weight excluding hydrogens is 274 g/mol. The summed E-state index contributed by atoms with van der Waals surface area (Å²) in [6.07, 6.45) is 3.08. The van der Waals surface area contributed by atoms with Gasteiger partial charge in [-0.1, -0.05) is 6.92 Å². The molecule has 0 saturated heterocycles. The van der Waals surface area contributed by atoms with Gasteiger partial charge < -0.3 is 10.4 Å². The SMILES string of the molecule is CCc1nnc(C)cc1C(=O)Nc1nccnc1C(=O)O. The van der Waals surface area contributed by atoms with Crippen molar-refractivity contribution in [1.82, 2.24) is 20.2 Å². The van der Waals surface area contributed by atoms with Crippen LogP contribution in [0, 0.1) is 6.92 Å². The highest BCUT2D eigenvalue weighted by atomic mass is 16.4. The third-order valence-electron chi connectivity index (χ3n) is 2.70. The molecule has 2 rings (SSSR count). The Labute approximate surface area is 120 Å². The smallest absolute Gasteiger partial charge is 0.358 e. The van der Waals surface area contributed by atoms with Crippen molar-refractivity contribution in [1.29, 1.82) is 0 Å². The fourth-order valence-corrected chi connectivity index (χ4v) is 1.73. The number of carbonyl (C=O) groups is 2. The van der Waals surface area contributed by atoms with Crippen LogP contribution in [-0.4, -0.2) is 37.1 Å². The third-order valence-corrected chi connectivity index (χ3v) is 2.70. The summed E-state index contributed by atoms with van der Waals surface area (Å²) in [5.41, 5.74) is 1.14. The summed E-state index contributed by atoms with van der Waals surface area (Å²) >= 11 is 0. The minimum atomic E-state index is -1.27. The van der Waals surface area contributed by atoms with Gasteiger partial charge in [0.05, 0.1) is 17.0 Å². The highest BCUT2D eigenvalue weighted by Crippen LogP contribution is 2.13. The molecule has 8 nitrogen and oxygen atoms in total. The van der Waals surface area contributed by atoms with E-state index >= 15 is 0 Å². The molecule has 0 fully saturated rings. The maximum Gasteiger partial charge on any atom is 0.358 e. The summed E-state index contributed by atoms with van der Waals surface area (Å²) in [5, 5.41) is 19.3. The van der Waals surface area contributed by atoms with Crippen LogP contribution in [0.4, 0.5) is 5.82 Å². The number of carboxylic acids is 1. The standard InChI is InChI=1S/C13H13N5O3/c1-3-9-8(6-7(2)17-18-9)12(19)16-11-10(13(20)21)14-4-5-15-11/h4-6H,3H2,1-2H3,(H,20,21)(H,15,16,19).